The normalized spacial score (nSPS) is 18.3. The maximum Gasteiger partial charge on any atom is 0.252 e. The lowest BCUT2D eigenvalue weighted by Crippen LogP contribution is -2.30. The molecule has 0 bridgehead atoms. The highest BCUT2D eigenvalue weighted by Gasteiger charge is 2.21. The Morgan fingerprint density at radius 1 is 1.62 bits per heavy atom. The van der Waals surface area contributed by atoms with Crippen molar-refractivity contribution in [1.29, 1.82) is 0 Å². The van der Waals surface area contributed by atoms with Gasteiger partial charge in [0.25, 0.3) is 5.91 Å². The zero-order chi connectivity index (χ0) is 15.1. The molecule has 2 N–H and O–H groups in total. The van der Waals surface area contributed by atoms with Gasteiger partial charge in [0.15, 0.2) is 0 Å². The molecule has 1 amide bonds. The van der Waals surface area contributed by atoms with Crippen LogP contribution in [0, 0.1) is 17.8 Å². The van der Waals surface area contributed by atoms with Crippen molar-refractivity contribution >= 4 is 17.2 Å². The summed E-state index contributed by atoms with van der Waals surface area (Å²) in [5, 5.41) is 13.5. The summed E-state index contributed by atoms with van der Waals surface area (Å²) in [6.45, 7) is 6.30. The van der Waals surface area contributed by atoms with Gasteiger partial charge in [-0.2, -0.15) is 0 Å². The maximum atomic E-state index is 12.1. The van der Waals surface area contributed by atoms with E-state index in [0.29, 0.717) is 17.9 Å². The molecule has 1 fully saturated rings. The summed E-state index contributed by atoms with van der Waals surface area (Å²) in [5.74, 6) is 6.37. The molecule has 1 aromatic heterocycles. The van der Waals surface area contributed by atoms with E-state index < -0.39 is 0 Å². The molecular weight excluding hydrogens is 284 g/mol. The van der Waals surface area contributed by atoms with Crippen LogP contribution in [0.5, 0.6) is 0 Å². The lowest BCUT2D eigenvalue weighted by Gasteiger charge is -2.13. The molecule has 2 rings (SSSR count). The SMILES string of the molecule is CCN1CCC(CNC(=O)c2csc(C#CCCO)c2)C1. The predicted molar refractivity (Wildman–Crippen MR) is 85.5 cm³/mol. The predicted octanol–water partition coefficient (Wildman–Crippen LogP) is 1.55. The van der Waals surface area contributed by atoms with Crippen molar-refractivity contribution in [3.05, 3.63) is 21.9 Å². The second kappa shape index (κ2) is 8.18. The Kier molecular flexibility index (Phi) is 6.24. The number of thiophene rings is 1. The lowest BCUT2D eigenvalue weighted by atomic mass is 10.1. The van der Waals surface area contributed by atoms with Gasteiger partial charge in [0.2, 0.25) is 0 Å². The van der Waals surface area contributed by atoms with Gasteiger partial charge in [-0.25, -0.2) is 0 Å². The molecule has 1 saturated heterocycles. The van der Waals surface area contributed by atoms with E-state index in [2.05, 4.69) is 29.0 Å². The fourth-order valence-electron chi connectivity index (χ4n) is 2.43. The molecule has 1 atom stereocenters. The van der Waals surface area contributed by atoms with E-state index >= 15 is 0 Å². The van der Waals surface area contributed by atoms with E-state index in [1.165, 1.54) is 11.3 Å². The fraction of sp³-hybridized carbons (Fsp3) is 0.562. The number of hydrogen-bond acceptors (Lipinski definition) is 4. The number of carbonyl (C=O) groups excluding carboxylic acids is 1. The number of hydrogen-bond donors (Lipinski definition) is 2. The van der Waals surface area contributed by atoms with Crippen LogP contribution < -0.4 is 5.32 Å². The number of rotatable bonds is 5. The number of nitrogens with one attached hydrogen (secondary N) is 1. The third-order valence-electron chi connectivity index (χ3n) is 3.68. The van der Waals surface area contributed by atoms with Crippen LogP contribution in [0.15, 0.2) is 11.4 Å². The quantitative estimate of drug-likeness (QED) is 0.812. The monoisotopic (exact) mass is 306 g/mol. The van der Waals surface area contributed by atoms with Crippen LogP contribution in [0.2, 0.25) is 0 Å². The zero-order valence-corrected chi connectivity index (χ0v) is 13.2. The van der Waals surface area contributed by atoms with Crippen LogP contribution in [-0.2, 0) is 0 Å². The molecule has 2 heterocycles. The van der Waals surface area contributed by atoms with Crippen LogP contribution in [0.3, 0.4) is 0 Å². The first-order valence-electron chi connectivity index (χ1n) is 7.41. The number of amides is 1. The summed E-state index contributed by atoms with van der Waals surface area (Å²) < 4.78 is 0. The minimum absolute atomic E-state index is 0.0172. The van der Waals surface area contributed by atoms with Crippen LogP contribution in [0.1, 0.15) is 35.0 Å². The van der Waals surface area contributed by atoms with Crippen molar-refractivity contribution in [2.45, 2.75) is 19.8 Å². The van der Waals surface area contributed by atoms with Crippen LogP contribution in [0.4, 0.5) is 0 Å². The van der Waals surface area contributed by atoms with Crippen molar-refractivity contribution in [2.24, 2.45) is 5.92 Å². The highest BCUT2D eigenvalue weighted by atomic mass is 32.1. The number of likely N-dealkylation sites (tertiary alicyclic amines) is 1. The second-order valence-corrected chi connectivity index (χ2v) is 6.14. The van der Waals surface area contributed by atoms with E-state index in [-0.39, 0.29) is 12.5 Å². The standard InChI is InChI=1S/C16H22N2O2S/c1-2-18-7-6-13(11-18)10-17-16(20)14-9-15(21-12-14)5-3-4-8-19/h9,12-13,19H,2,4,6-8,10-11H2,1H3,(H,17,20). The molecule has 0 saturated carbocycles. The minimum Gasteiger partial charge on any atom is -0.395 e. The van der Waals surface area contributed by atoms with Crippen molar-refractivity contribution in [3.8, 4) is 11.8 Å². The molecule has 21 heavy (non-hydrogen) atoms. The molecule has 5 heteroatoms. The van der Waals surface area contributed by atoms with Crippen molar-refractivity contribution < 1.29 is 9.90 Å². The molecule has 1 aromatic rings. The molecule has 114 valence electrons. The molecule has 0 radical (unpaired) electrons. The van der Waals surface area contributed by atoms with Crippen LogP contribution in [0.25, 0.3) is 0 Å². The third-order valence-corrected chi connectivity index (χ3v) is 4.52. The van der Waals surface area contributed by atoms with Crippen LogP contribution >= 0.6 is 11.3 Å². The minimum atomic E-state index is -0.0172. The molecule has 1 aliphatic heterocycles. The maximum absolute atomic E-state index is 12.1. The van der Waals surface area contributed by atoms with Gasteiger partial charge in [0, 0.05) is 24.9 Å². The number of nitrogens with zero attached hydrogens (tertiary/aromatic N) is 1. The van der Waals surface area contributed by atoms with Crippen molar-refractivity contribution in [3.63, 3.8) is 0 Å². The largest absolute Gasteiger partial charge is 0.395 e. The lowest BCUT2D eigenvalue weighted by molar-refractivity contribution is 0.0948. The Hall–Kier alpha value is -1.35. The topological polar surface area (TPSA) is 52.6 Å². The average molecular weight is 306 g/mol. The summed E-state index contributed by atoms with van der Waals surface area (Å²) in [5.41, 5.74) is 0.679. The van der Waals surface area contributed by atoms with Gasteiger partial charge in [-0.3, -0.25) is 4.79 Å². The van der Waals surface area contributed by atoms with Crippen molar-refractivity contribution in [2.75, 3.05) is 32.8 Å². The molecule has 0 aliphatic carbocycles. The first-order chi connectivity index (χ1) is 10.2. The van der Waals surface area contributed by atoms with Gasteiger partial charge in [0.1, 0.15) is 0 Å². The number of aliphatic hydroxyl groups is 1. The molecule has 1 aliphatic rings. The van der Waals surface area contributed by atoms with Gasteiger partial charge < -0.3 is 15.3 Å². The van der Waals surface area contributed by atoms with Crippen LogP contribution in [-0.4, -0.2) is 48.7 Å². The van der Waals surface area contributed by atoms with Gasteiger partial charge in [-0.05, 0) is 31.5 Å². The molecule has 1 unspecified atom stereocenters. The number of carbonyl (C=O) groups is 1. The average Bonchev–Trinajstić information content (AvgIpc) is 3.14. The summed E-state index contributed by atoms with van der Waals surface area (Å²) in [6.07, 6.45) is 1.63. The smallest absolute Gasteiger partial charge is 0.252 e. The van der Waals surface area contributed by atoms with Gasteiger partial charge in [-0.15, -0.1) is 11.3 Å². The Morgan fingerprint density at radius 2 is 2.48 bits per heavy atom. The first-order valence-corrected chi connectivity index (χ1v) is 8.29. The Bertz CT molecular complexity index is 530. The van der Waals surface area contributed by atoms with Crippen molar-refractivity contribution in [1.82, 2.24) is 10.2 Å². The second-order valence-electron chi connectivity index (χ2n) is 5.23. The highest BCUT2D eigenvalue weighted by molar-refractivity contribution is 7.10. The third kappa shape index (κ3) is 4.85. The zero-order valence-electron chi connectivity index (χ0n) is 12.4. The first kappa shape index (κ1) is 16.0. The summed E-state index contributed by atoms with van der Waals surface area (Å²) >= 11 is 1.47. The van der Waals surface area contributed by atoms with Gasteiger partial charge >= 0.3 is 0 Å². The highest BCUT2D eigenvalue weighted by Crippen LogP contribution is 2.16. The molecule has 0 aromatic carbocycles. The Balaban J connectivity index is 1.80. The van der Waals surface area contributed by atoms with Gasteiger partial charge in [-0.1, -0.05) is 18.8 Å². The Morgan fingerprint density at radius 3 is 3.19 bits per heavy atom. The molecular formula is C16H22N2O2S. The summed E-state index contributed by atoms with van der Waals surface area (Å²) in [4.78, 5) is 15.4. The summed E-state index contributed by atoms with van der Waals surface area (Å²) in [7, 11) is 0. The fourth-order valence-corrected chi connectivity index (χ4v) is 3.19. The Labute approximate surface area is 130 Å². The van der Waals surface area contributed by atoms with E-state index in [4.69, 9.17) is 5.11 Å². The summed E-state index contributed by atoms with van der Waals surface area (Å²) in [6, 6.07) is 1.82. The van der Waals surface area contributed by atoms with E-state index in [9.17, 15) is 4.79 Å². The van der Waals surface area contributed by atoms with E-state index in [0.717, 1.165) is 37.5 Å². The van der Waals surface area contributed by atoms with Gasteiger partial charge in [0.05, 0.1) is 17.0 Å². The molecule has 0 spiro atoms. The van der Waals surface area contributed by atoms with E-state index in [1.807, 2.05) is 11.4 Å². The van der Waals surface area contributed by atoms with E-state index in [1.54, 1.807) is 0 Å². The molecule has 4 nitrogen and oxygen atoms in total. The number of aliphatic hydroxyl groups excluding tert-OH is 1.